The predicted octanol–water partition coefficient (Wildman–Crippen LogP) is 6.48. The number of aromatic nitrogens is 1. The number of nitrogens with zero attached hydrogens (tertiary/aromatic N) is 1. The van der Waals surface area contributed by atoms with E-state index in [9.17, 15) is 9.18 Å². The molecule has 3 rings (SSSR count). The summed E-state index contributed by atoms with van der Waals surface area (Å²) in [6.07, 6.45) is 0. The number of ether oxygens (including phenoxy) is 1. The van der Waals surface area contributed by atoms with Gasteiger partial charge in [0, 0.05) is 10.9 Å². The van der Waals surface area contributed by atoms with Crippen molar-refractivity contribution in [3.8, 4) is 17.0 Å². The van der Waals surface area contributed by atoms with E-state index in [4.69, 9.17) is 27.9 Å². The first-order chi connectivity index (χ1) is 13.4. The minimum Gasteiger partial charge on any atom is -0.486 e. The van der Waals surface area contributed by atoms with Crippen LogP contribution in [0.3, 0.4) is 0 Å². The molecule has 3 aromatic rings. The van der Waals surface area contributed by atoms with Crippen molar-refractivity contribution in [2.45, 2.75) is 13.5 Å². The van der Waals surface area contributed by atoms with Gasteiger partial charge in [0.1, 0.15) is 12.4 Å². The summed E-state index contributed by atoms with van der Waals surface area (Å²) in [6, 6.07) is 8.26. The number of halogens is 4. The molecular weight excluding hydrogens is 490 g/mol. The van der Waals surface area contributed by atoms with Crippen molar-refractivity contribution >= 4 is 61.5 Å². The van der Waals surface area contributed by atoms with Crippen LogP contribution in [0.1, 0.15) is 11.1 Å². The van der Waals surface area contributed by atoms with Gasteiger partial charge in [-0.3, -0.25) is 4.79 Å². The Bertz CT molecular complexity index is 1010. The Labute approximate surface area is 183 Å². The Kier molecular flexibility index (Phi) is 6.93. The molecule has 9 heteroatoms. The lowest BCUT2D eigenvalue weighted by atomic mass is 10.1. The zero-order valence-corrected chi connectivity index (χ0v) is 18.5. The summed E-state index contributed by atoms with van der Waals surface area (Å²) in [4.78, 5) is 15.8. The topological polar surface area (TPSA) is 51.2 Å². The van der Waals surface area contributed by atoms with Gasteiger partial charge in [-0.25, -0.2) is 9.37 Å². The van der Waals surface area contributed by atoms with Crippen LogP contribution < -0.4 is 10.1 Å². The molecule has 0 aliphatic carbocycles. The van der Waals surface area contributed by atoms with Gasteiger partial charge in [-0.1, -0.05) is 51.3 Å². The van der Waals surface area contributed by atoms with Crippen LogP contribution >= 0.6 is 50.5 Å². The van der Waals surface area contributed by atoms with E-state index in [1.54, 1.807) is 36.6 Å². The number of thiazole rings is 1. The zero-order chi connectivity index (χ0) is 20.3. The molecule has 0 bridgehead atoms. The van der Waals surface area contributed by atoms with Crippen LogP contribution in [0.5, 0.6) is 5.75 Å². The normalized spacial score (nSPS) is 10.8. The SMILES string of the molecule is Cc1ccc(COc2c(Cl)cc(-c3csc(NC(=O)CBr)n3)cc2Cl)cc1F. The highest BCUT2D eigenvalue weighted by molar-refractivity contribution is 9.09. The van der Waals surface area contributed by atoms with Crippen molar-refractivity contribution in [2.24, 2.45) is 0 Å². The van der Waals surface area contributed by atoms with Crippen LogP contribution in [0.15, 0.2) is 35.7 Å². The fourth-order valence-corrected chi connectivity index (χ4v) is 3.82. The number of carbonyl (C=O) groups is 1. The standard InChI is InChI=1S/C19H14BrCl2FN2O2S/c1-10-2-3-11(4-15(10)23)8-27-18-13(21)5-12(6-14(18)22)16-9-28-19(24-16)25-17(26)7-20/h2-6,9H,7-8H2,1H3,(H,24,25,26). The molecule has 0 unspecified atom stereocenters. The molecule has 0 spiro atoms. The Balaban J connectivity index is 1.77. The molecule has 0 saturated heterocycles. The predicted molar refractivity (Wildman–Crippen MR) is 115 cm³/mol. The van der Waals surface area contributed by atoms with Crippen LogP contribution in [0.2, 0.25) is 10.0 Å². The first kappa shape index (κ1) is 21.0. The number of anilines is 1. The van der Waals surface area contributed by atoms with Crippen molar-refractivity contribution in [1.29, 1.82) is 0 Å². The average molecular weight is 504 g/mol. The number of rotatable bonds is 6. The van der Waals surface area contributed by atoms with Crippen LogP contribution in [-0.4, -0.2) is 16.2 Å². The summed E-state index contributed by atoms with van der Waals surface area (Å²) in [7, 11) is 0. The first-order valence-electron chi connectivity index (χ1n) is 8.06. The molecule has 0 aliphatic heterocycles. The van der Waals surface area contributed by atoms with Gasteiger partial charge in [0.05, 0.1) is 21.1 Å². The maximum atomic E-state index is 13.7. The molecular formula is C19H14BrCl2FN2O2S. The molecule has 146 valence electrons. The Morgan fingerprint density at radius 2 is 2.00 bits per heavy atom. The van der Waals surface area contributed by atoms with E-state index in [1.807, 2.05) is 0 Å². The molecule has 4 nitrogen and oxygen atoms in total. The summed E-state index contributed by atoms with van der Waals surface area (Å²) in [5, 5.41) is 5.76. The fraction of sp³-hybridized carbons (Fsp3) is 0.158. The van der Waals surface area contributed by atoms with Gasteiger partial charge < -0.3 is 10.1 Å². The van der Waals surface area contributed by atoms with Crippen molar-refractivity contribution < 1.29 is 13.9 Å². The summed E-state index contributed by atoms with van der Waals surface area (Å²) in [5.41, 5.74) is 2.57. The third-order valence-electron chi connectivity index (χ3n) is 3.79. The van der Waals surface area contributed by atoms with Crippen molar-refractivity contribution in [3.05, 3.63) is 62.7 Å². The average Bonchev–Trinajstić information content (AvgIpc) is 3.12. The summed E-state index contributed by atoms with van der Waals surface area (Å²) in [5.74, 6) is -0.163. The van der Waals surface area contributed by atoms with Gasteiger partial charge >= 0.3 is 0 Å². The molecule has 1 N–H and O–H groups in total. The number of aryl methyl sites for hydroxylation is 1. The summed E-state index contributed by atoms with van der Waals surface area (Å²) < 4.78 is 19.4. The Hall–Kier alpha value is -1.67. The third kappa shape index (κ3) is 5.03. The van der Waals surface area contributed by atoms with Crippen LogP contribution in [0.25, 0.3) is 11.3 Å². The van der Waals surface area contributed by atoms with Crippen molar-refractivity contribution in [2.75, 3.05) is 10.6 Å². The Morgan fingerprint density at radius 3 is 2.64 bits per heavy atom. The fourth-order valence-electron chi connectivity index (χ4n) is 2.34. The number of hydrogen-bond acceptors (Lipinski definition) is 4. The van der Waals surface area contributed by atoms with Gasteiger partial charge in [0.15, 0.2) is 10.9 Å². The number of benzene rings is 2. The zero-order valence-electron chi connectivity index (χ0n) is 14.6. The lowest BCUT2D eigenvalue weighted by molar-refractivity contribution is -0.113. The highest BCUT2D eigenvalue weighted by atomic mass is 79.9. The smallest absolute Gasteiger partial charge is 0.236 e. The molecule has 1 aromatic heterocycles. The molecule has 0 radical (unpaired) electrons. The van der Waals surface area contributed by atoms with Gasteiger partial charge in [-0.15, -0.1) is 11.3 Å². The second-order valence-corrected chi connectivity index (χ2v) is 8.09. The number of carbonyl (C=O) groups excluding carboxylic acids is 1. The van der Waals surface area contributed by atoms with E-state index in [1.165, 1.54) is 17.4 Å². The van der Waals surface area contributed by atoms with Gasteiger partial charge in [0.25, 0.3) is 0 Å². The van der Waals surface area contributed by atoms with E-state index >= 15 is 0 Å². The first-order valence-corrected chi connectivity index (χ1v) is 10.8. The summed E-state index contributed by atoms with van der Waals surface area (Å²) in [6.45, 7) is 1.83. The largest absolute Gasteiger partial charge is 0.486 e. The van der Waals surface area contributed by atoms with Crippen molar-refractivity contribution in [3.63, 3.8) is 0 Å². The Morgan fingerprint density at radius 1 is 1.29 bits per heavy atom. The molecule has 1 amide bonds. The minimum absolute atomic E-state index is 0.134. The molecule has 0 saturated carbocycles. The van der Waals surface area contributed by atoms with Crippen molar-refractivity contribution in [1.82, 2.24) is 4.98 Å². The lowest BCUT2D eigenvalue weighted by Gasteiger charge is -2.12. The monoisotopic (exact) mass is 502 g/mol. The molecule has 0 atom stereocenters. The molecule has 28 heavy (non-hydrogen) atoms. The number of nitrogens with one attached hydrogen (secondary N) is 1. The number of amides is 1. The molecule has 0 aliphatic rings. The van der Waals surface area contributed by atoms with Crippen LogP contribution in [0.4, 0.5) is 9.52 Å². The van der Waals surface area contributed by atoms with E-state index < -0.39 is 0 Å². The van der Waals surface area contributed by atoms with Gasteiger partial charge in [-0.2, -0.15) is 0 Å². The highest BCUT2D eigenvalue weighted by Gasteiger charge is 2.14. The van der Waals surface area contributed by atoms with Crippen LogP contribution in [-0.2, 0) is 11.4 Å². The van der Waals surface area contributed by atoms with E-state index in [0.717, 1.165) is 0 Å². The molecule has 1 heterocycles. The second kappa shape index (κ2) is 9.22. The van der Waals surface area contributed by atoms with Gasteiger partial charge in [0.2, 0.25) is 5.91 Å². The third-order valence-corrected chi connectivity index (χ3v) is 5.61. The highest BCUT2D eigenvalue weighted by Crippen LogP contribution is 2.38. The summed E-state index contributed by atoms with van der Waals surface area (Å²) >= 11 is 17.1. The minimum atomic E-state index is -0.292. The maximum absolute atomic E-state index is 13.7. The van der Waals surface area contributed by atoms with E-state index in [0.29, 0.717) is 43.3 Å². The number of hydrogen-bond donors (Lipinski definition) is 1. The van der Waals surface area contributed by atoms with E-state index in [-0.39, 0.29) is 23.7 Å². The molecule has 2 aromatic carbocycles. The van der Waals surface area contributed by atoms with Gasteiger partial charge in [-0.05, 0) is 36.2 Å². The number of alkyl halides is 1. The lowest BCUT2D eigenvalue weighted by Crippen LogP contribution is -2.11. The molecule has 0 fully saturated rings. The van der Waals surface area contributed by atoms with E-state index in [2.05, 4.69) is 26.2 Å². The second-order valence-electron chi connectivity index (χ2n) is 5.86. The quantitative estimate of drug-likeness (QED) is 0.392. The van der Waals surface area contributed by atoms with Crippen LogP contribution in [0, 0.1) is 12.7 Å². The maximum Gasteiger partial charge on any atom is 0.236 e.